The summed E-state index contributed by atoms with van der Waals surface area (Å²) in [6.07, 6.45) is 1.88. The van der Waals surface area contributed by atoms with E-state index in [9.17, 15) is 0 Å². The number of aromatic nitrogens is 2. The summed E-state index contributed by atoms with van der Waals surface area (Å²) in [5.41, 5.74) is 4.41. The molecule has 132 valence electrons. The Hall–Kier alpha value is -1.62. The molecule has 3 aromatic rings. The Kier molecular flexibility index (Phi) is 5.32. The van der Waals surface area contributed by atoms with Gasteiger partial charge in [-0.2, -0.15) is 5.10 Å². The van der Waals surface area contributed by atoms with Gasteiger partial charge in [-0.3, -0.25) is 0 Å². The van der Waals surface area contributed by atoms with Gasteiger partial charge in [0.2, 0.25) is 0 Å². The highest BCUT2D eigenvalue weighted by atomic mass is 35.5. The minimum Gasteiger partial charge on any atom is -0.360 e. The molecule has 0 aliphatic carbocycles. The van der Waals surface area contributed by atoms with Crippen molar-refractivity contribution in [3.63, 3.8) is 0 Å². The number of hydrogen-bond donors (Lipinski definition) is 0. The minimum atomic E-state index is -1.07. The van der Waals surface area contributed by atoms with Gasteiger partial charge in [0, 0.05) is 25.6 Å². The van der Waals surface area contributed by atoms with Crippen molar-refractivity contribution in [3.05, 3.63) is 53.2 Å². The number of aryl methyl sites for hydroxylation is 1. The molecule has 0 spiro atoms. The van der Waals surface area contributed by atoms with Crippen LogP contribution in [0.4, 0.5) is 0 Å². The molecule has 0 atom stereocenters. The summed E-state index contributed by atoms with van der Waals surface area (Å²) < 4.78 is 7.70. The van der Waals surface area contributed by atoms with Crippen molar-refractivity contribution >= 4 is 30.6 Å². The summed E-state index contributed by atoms with van der Waals surface area (Å²) >= 11 is 6.55. The Morgan fingerprint density at radius 3 is 2.52 bits per heavy atom. The summed E-state index contributed by atoms with van der Waals surface area (Å²) in [6.45, 7) is 10.4. The number of hydrogen-bond acceptors (Lipinski definition) is 2. The predicted molar refractivity (Wildman–Crippen MR) is 109 cm³/mol. The van der Waals surface area contributed by atoms with Crippen LogP contribution in [0.5, 0.6) is 0 Å². The number of ether oxygens (including phenoxy) is 1. The molecular weight excluding hydrogens is 348 g/mol. The van der Waals surface area contributed by atoms with Crippen LogP contribution >= 0.6 is 11.6 Å². The highest BCUT2D eigenvalue weighted by Gasteiger charge is 2.13. The molecule has 25 heavy (non-hydrogen) atoms. The zero-order valence-electron chi connectivity index (χ0n) is 15.3. The van der Waals surface area contributed by atoms with Crippen LogP contribution in [0.25, 0.3) is 22.0 Å². The molecule has 2 aromatic carbocycles. The van der Waals surface area contributed by atoms with Crippen molar-refractivity contribution < 1.29 is 4.74 Å². The summed E-state index contributed by atoms with van der Waals surface area (Å²) in [5, 5.41) is 6.28. The predicted octanol–water partition coefficient (Wildman–Crippen LogP) is 5.98. The average molecular weight is 373 g/mol. The van der Waals surface area contributed by atoms with Crippen LogP contribution in [0.3, 0.4) is 0 Å². The van der Waals surface area contributed by atoms with Gasteiger partial charge < -0.3 is 4.74 Å². The molecule has 0 fully saturated rings. The molecule has 0 saturated carbocycles. The second kappa shape index (κ2) is 7.32. The van der Waals surface area contributed by atoms with E-state index < -0.39 is 8.07 Å². The van der Waals surface area contributed by atoms with Crippen LogP contribution in [0.15, 0.2) is 42.6 Å². The zero-order chi connectivity index (χ0) is 18.0. The molecular formula is C20H25ClN2OSi. The number of nitrogens with zero attached hydrogens (tertiary/aromatic N) is 2. The summed E-state index contributed by atoms with van der Waals surface area (Å²) in [4.78, 5) is 0. The molecule has 0 unspecified atom stereocenters. The summed E-state index contributed by atoms with van der Waals surface area (Å²) in [7, 11) is -1.07. The normalized spacial score (nSPS) is 12.0. The van der Waals surface area contributed by atoms with Gasteiger partial charge in [0.05, 0.1) is 16.7 Å². The van der Waals surface area contributed by atoms with Crippen molar-refractivity contribution in [1.82, 2.24) is 9.78 Å². The number of halogens is 1. The topological polar surface area (TPSA) is 27.1 Å². The Morgan fingerprint density at radius 2 is 1.84 bits per heavy atom. The van der Waals surface area contributed by atoms with Gasteiger partial charge in [0.25, 0.3) is 0 Å². The quantitative estimate of drug-likeness (QED) is 0.393. The molecule has 0 radical (unpaired) electrons. The number of benzene rings is 2. The van der Waals surface area contributed by atoms with Crippen LogP contribution in [0, 0.1) is 6.92 Å². The lowest BCUT2D eigenvalue weighted by Crippen LogP contribution is -2.22. The van der Waals surface area contributed by atoms with Crippen LogP contribution in [-0.2, 0) is 11.5 Å². The standard InChI is InChI=1S/C20H25ClN2OSi/c1-15-5-7-16(8-6-15)18-11-17-13-22-23(20(17)12-19(18)21)14-24-9-10-25(2,3)4/h5-8,11-13H,9-10,14H2,1-4H3. The van der Waals surface area contributed by atoms with Crippen molar-refractivity contribution in [3.8, 4) is 11.1 Å². The number of rotatable bonds is 6. The fourth-order valence-electron chi connectivity index (χ4n) is 2.69. The first-order valence-corrected chi connectivity index (χ1v) is 12.7. The van der Waals surface area contributed by atoms with E-state index in [-0.39, 0.29) is 0 Å². The second-order valence-corrected chi connectivity index (χ2v) is 13.8. The smallest absolute Gasteiger partial charge is 0.139 e. The highest BCUT2D eigenvalue weighted by Crippen LogP contribution is 2.32. The maximum Gasteiger partial charge on any atom is 0.139 e. The van der Waals surface area contributed by atoms with Gasteiger partial charge >= 0.3 is 0 Å². The molecule has 0 amide bonds. The lowest BCUT2D eigenvalue weighted by atomic mass is 10.0. The largest absolute Gasteiger partial charge is 0.360 e. The molecule has 1 heterocycles. The Balaban J connectivity index is 1.80. The first-order chi connectivity index (χ1) is 11.8. The molecule has 0 aliphatic rings. The summed E-state index contributed by atoms with van der Waals surface area (Å²) in [6, 6.07) is 13.7. The van der Waals surface area contributed by atoms with E-state index in [1.54, 1.807) is 0 Å². The fourth-order valence-corrected chi connectivity index (χ4v) is 3.71. The Labute approximate surface area is 155 Å². The molecule has 0 bridgehead atoms. The van der Waals surface area contributed by atoms with Crippen molar-refractivity contribution in [2.24, 2.45) is 0 Å². The Morgan fingerprint density at radius 1 is 1.12 bits per heavy atom. The van der Waals surface area contributed by atoms with Gasteiger partial charge in [-0.1, -0.05) is 61.1 Å². The van der Waals surface area contributed by atoms with Crippen LogP contribution in [0.1, 0.15) is 5.56 Å². The molecule has 3 rings (SSSR count). The van der Waals surface area contributed by atoms with Crippen molar-refractivity contribution in [1.29, 1.82) is 0 Å². The SMILES string of the molecule is Cc1ccc(-c2cc3cnn(COCC[Si](C)(C)C)c3cc2Cl)cc1. The minimum absolute atomic E-state index is 0.466. The average Bonchev–Trinajstić information content (AvgIpc) is 2.93. The highest BCUT2D eigenvalue weighted by molar-refractivity contribution is 6.76. The maximum atomic E-state index is 6.55. The van der Waals surface area contributed by atoms with E-state index in [1.165, 1.54) is 5.56 Å². The first kappa shape index (κ1) is 18.2. The van der Waals surface area contributed by atoms with E-state index in [1.807, 2.05) is 16.9 Å². The third-order valence-corrected chi connectivity index (χ3v) is 6.32. The number of fused-ring (bicyclic) bond motifs is 1. The molecule has 0 aliphatic heterocycles. The third kappa shape index (κ3) is 4.51. The van der Waals surface area contributed by atoms with Crippen LogP contribution < -0.4 is 0 Å². The summed E-state index contributed by atoms with van der Waals surface area (Å²) in [5.74, 6) is 0. The molecule has 1 aromatic heterocycles. The molecule has 3 nitrogen and oxygen atoms in total. The van der Waals surface area contributed by atoms with Gasteiger partial charge in [-0.05, 0) is 30.7 Å². The van der Waals surface area contributed by atoms with Gasteiger partial charge in [-0.25, -0.2) is 4.68 Å². The molecule has 5 heteroatoms. The lowest BCUT2D eigenvalue weighted by Gasteiger charge is -2.15. The van der Waals surface area contributed by atoms with E-state index in [2.05, 4.69) is 62.0 Å². The first-order valence-electron chi connectivity index (χ1n) is 8.63. The van der Waals surface area contributed by atoms with Gasteiger partial charge in [-0.15, -0.1) is 0 Å². The fraction of sp³-hybridized carbons (Fsp3) is 0.350. The molecule has 0 saturated heterocycles. The van der Waals surface area contributed by atoms with E-state index >= 15 is 0 Å². The van der Waals surface area contributed by atoms with E-state index in [0.717, 1.165) is 39.7 Å². The Bertz CT molecular complexity index is 866. The van der Waals surface area contributed by atoms with E-state index in [0.29, 0.717) is 6.73 Å². The van der Waals surface area contributed by atoms with E-state index in [4.69, 9.17) is 16.3 Å². The lowest BCUT2D eigenvalue weighted by molar-refractivity contribution is 0.0817. The zero-order valence-corrected chi connectivity index (χ0v) is 17.1. The van der Waals surface area contributed by atoms with Crippen molar-refractivity contribution in [2.45, 2.75) is 39.3 Å². The van der Waals surface area contributed by atoms with Crippen LogP contribution in [-0.4, -0.2) is 24.5 Å². The van der Waals surface area contributed by atoms with Crippen molar-refractivity contribution in [2.75, 3.05) is 6.61 Å². The van der Waals surface area contributed by atoms with Gasteiger partial charge in [0.1, 0.15) is 6.73 Å². The second-order valence-electron chi connectivity index (χ2n) is 7.75. The third-order valence-electron chi connectivity index (χ3n) is 4.30. The van der Waals surface area contributed by atoms with Gasteiger partial charge in [0.15, 0.2) is 0 Å². The molecule has 0 N–H and O–H groups in total. The monoisotopic (exact) mass is 372 g/mol. The maximum absolute atomic E-state index is 6.55. The van der Waals surface area contributed by atoms with Crippen LogP contribution in [0.2, 0.25) is 30.7 Å².